The molecule has 0 unspecified atom stereocenters. The fourth-order valence-electron chi connectivity index (χ4n) is 1.93. The van der Waals surface area contributed by atoms with Crippen LogP contribution >= 0.6 is 11.6 Å². The minimum Gasteiger partial charge on any atom is -0.505 e. The SMILES string of the molecule is O=C1/C(=C/c2ccc(O)c(F)c2)Oc2ccc(Cl)cc21. The van der Waals surface area contributed by atoms with Crippen LogP contribution in [-0.2, 0) is 0 Å². The molecule has 0 saturated carbocycles. The third-order valence-electron chi connectivity index (χ3n) is 2.90. The molecular formula is C15H8ClFO3. The van der Waals surface area contributed by atoms with E-state index in [9.17, 15) is 9.18 Å². The molecule has 2 aromatic rings. The maximum absolute atomic E-state index is 13.2. The number of allylic oxidation sites excluding steroid dienone is 1. The Morgan fingerprint density at radius 1 is 1.20 bits per heavy atom. The lowest BCUT2D eigenvalue weighted by Gasteiger charge is -2.00. The lowest BCUT2D eigenvalue weighted by atomic mass is 10.1. The predicted molar refractivity (Wildman–Crippen MR) is 72.5 cm³/mol. The zero-order chi connectivity index (χ0) is 14.3. The number of phenolic OH excluding ortho intramolecular Hbond substituents is 1. The first-order valence-electron chi connectivity index (χ1n) is 5.77. The molecule has 100 valence electrons. The lowest BCUT2D eigenvalue weighted by molar-refractivity contribution is 0.101. The van der Waals surface area contributed by atoms with E-state index in [1.54, 1.807) is 12.1 Å². The van der Waals surface area contributed by atoms with Crippen molar-refractivity contribution < 1.29 is 19.0 Å². The van der Waals surface area contributed by atoms with Crippen molar-refractivity contribution in [2.24, 2.45) is 0 Å². The van der Waals surface area contributed by atoms with Crippen molar-refractivity contribution in [1.82, 2.24) is 0 Å². The fraction of sp³-hybridized carbons (Fsp3) is 0. The van der Waals surface area contributed by atoms with Crippen LogP contribution in [0.2, 0.25) is 5.02 Å². The van der Waals surface area contributed by atoms with Crippen LogP contribution in [0.1, 0.15) is 15.9 Å². The average Bonchev–Trinajstić information content (AvgIpc) is 2.71. The summed E-state index contributed by atoms with van der Waals surface area (Å²) in [6, 6.07) is 8.57. The number of hydrogen-bond acceptors (Lipinski definition) is 3. The van der Waals surface area contributed by atoms with Gasteiger partial charge in [0.05, 0.1) is 5.56 Å². The molecule has 1 aliphatic rings. The number of fused-ring (bicyclic) bond motifs is 1. The van der Waals surface area contributed by atoms with Crippen molar-refractivity contribution in [1.29, 1.82) is 0 Å². The van der Waals surface area contributed by atoms with E-state index in [4.69, 9.17) is 21.4 Å². The molecule has 0 fully saturated rings. The van der Waals surface area contributed by atoms with E-state index in [1.807, 2.05) is 0 Å². The number of benzene rings is 2. The molecule has 5 heteroatoms. The van der Waals surface area contributed by atoms with Crippen LogP contribution < -0.4 is 4.74 Å². The normalized spacial score (nSPS) is 15.3. The summed E-state index contributed by atoms with van der Waals surface area (Å²) < 4.78 is 18.7. The van der Waals surface area contributed by atoms with Gasteiger partial charge in [0.2, 0.25) is 5.78 Å². The number of rotatable bonds is 1. The Morgan fingerprint density at radius 3 is 2.75 bits per heavy atom. The molecule has 1 heterocycles. The molecule has 0 saturated heterocycles. The predicted octanol–water partition coefficient (Wildman–Crippen LogP) is 3.80. The molecule has 0 amide bonds. The Hall–Kier alpha value is -2.33. The van der Waals surface area contributed by atoms with Crippen LogP contribution in [-0.4, -0.2) is 10.9 Å². The summed E-state index contributed by atoms with van der Waals surface area (Å²) in [7, 11) is 0. The monoisotopic (exact) mass is 290 g/mol. The summed E-state index contributed by atoms with van der Waals surface area (Å²) in [6.07, 6.45) is 1.42. The molecule has 0 atom stereocenters. The average molecular weight is 291 g/mol. The molecule has 3 rings (SSSR count). The Morgan fingerprint density at radius 2 is 2.00 bits per heavy atom. The van der Waals surface area contributed by atoms with Crippen molar-refractivity contribution in [2.75, 3.05) is 0 Å². The minimum atomic E-state index is -0.759. The summed E-state index contributed by atoms with van der Waals surface area (Å²) >= 11 is 5.83. The van der Waals surface area contributed by atoms with Gasteiger partial charge >= 0.3 is 0 Å². The van der Waals surface area contributed by atoms with Crippen LogP contribution in [0.25, 0.3) is 6.08 Å². The first kappa shape index (κ1) is 12.7. The molecule has 0 bridgehead atoms. The quantitative estimate of drug-likeness (QED) is 0.813. The maximum atomic E-state index is 13.2. The minimum absolute atomic E-state index is 0.0901. The summed E-state index contributed by atoms with van der Waals surface area (Å²) in [6.45, 7) is 0. The van der Waals surface area contributed by atoms with Crippen molar-refractivity contribution in [3.8, 4) is 11.5 Å². The van der Waals surface area contributed by atoms with Crippen LogP contribution in [0, 0.1) is 5.82 Å². The zero-order valence-electron chi connectivity index (χ0n) is 10.1. The highest BCUT2D eigenvalue weighted by atomic mass is 35.5. The van der Waals surface area contributed by atoms with E-state index < -0.39 is 11.6 Å². The highest BCUT2D eigenvalue weighted by Gasteiger charge is 2.27. The van der Waals surface area contributed by atoms with E-state index in [-0.39, 0.29) is 11.5 Å². The second-order valence-corrected chi connectivity index (χ2v) is 4.73. The molecule has 0 aliphatic carbocycles. The van der Waals surface area contributed by atoms with Crippen LogP contribution in [0.15, 0.2) is 42.2 Å². The molecule has 3 nitrogen and oxygen atoms in total. The molecule has 2 aromatic carbocycles. The topological polar surface area (TPSA) is 46.5 Å². The van der Waals surface area contributed by atoms with Crippen LogP contribution in [0.4, 0.5) is 4.39 Å². The summed E-state index contributed by atoms with van der Waals surface area (Å²) in [5.41, 5.74) is 0.797. The summed E-state index contributed by atoms with van der Waals surface area (Å²) in [5, 5.41) is 9.56. The highest BCUT2D eigenvalue weighted by Crippen LogP contribution is 2.33. The van der Waals surface area contributed by atoms with Gasteiger partial charge in [-0.05, 0) is 42.0 Å². The molecule has 20 heavy (non-hydrogen) atoms. The van der Waals surface area contributed by atoms with Gasteiger partial charge in [-0.2, -0.15) is 0 Å². The van der Waals surface area contributed by atoms with Gasteiger partial charge < -0.3 is 9.84 Å². The van der Waals surface area contributed by atoms with Gasteiger partial charge in [-0.1, -0.05) is 17.7 Å². The van der Waals surface area contributed by atoms with Crippen LogP contribution in [0.5, 0.6) is 11.5 Å². The second kappa shape index (κ2) is 4.65. The number of aromatic hydroxyl groups is 1. The van der Waals surface area contributed by atoms with E-state index >= 15 is 0 Å². The van der Waals surface area contributed by atoms with Crippen molar-refractivity contribution in [3.05, 3.63) is 64.1 Å². The van der Waals surface area contributed by atoms with Gasteiger partial charge in [0.15, 0.2) is 17.3 Å². The van der Waals surface area contributed by atoms with Crippen molar-refractivity contribution in [3.63, 3.8) is 0 Å². The van der Waals surface area contributed by atoms with Gasteiger partial charge in [0.1, 0.15) is 5.75 Å². The zero-order valence-corrected chi connectivity index (χ0v) is 10.8. The highest BCUT2D eigenvalue weighted by molar-refractivity contribution is 6.31. The van der Waals surface area contributed by atoms with E-state index in [2.05, 4.69) is 0 Å². The maximum Gasteiger partial charge on any atom is 0.232 e. The van der Waals surface area contributed by atoms with E-state index in [0.29, 0.717) is 21.9 Å². The smallest absolute Gasteiger partial charge is 0.232 e. The van der Waals surface area contributed by atoms with E-state index in [1.165, 1.54) is 24.3 Å². The largest absolute Gasteiger partial charge is 0.505 e. The fourth-order valence-corrected chi connectivity index (χ4v) is 2.10. The Bertz CT molecular complexity index is 753. The Kier molecular flexibility index (Phi) is 2.95. The standard InChI is InChI=1S/C15H8ClFO3/c16-9-2-4-13-10(7-9)15(19)14(20-13)6-8-1-3-12(18)11(17)5-8/h1-7,18H/b14-6-. The number of carbonyl (C=O) groups is 1. The number of Topliss-reactive ketones (excluding diaryl/α,β-unsaturated/α-hetero) is 1. The number of ether oxygens (including phenoxy) is 1. The Balaban J connectivity index is 1.99. The molecular weight excluding hydrogens is 283 g/mol. The van der Waals surface area contributed by atoms with Crippen molar-refractivity contribution in [2.45, 2.75) is 0 Å². The lowest BCUT2D eigenvalue weighted by Crippen LogP contribution is -1.98. The molecule has 1 N–H and O–H groups in total. The molecule has 0 radical (unpaired) electrons. The van der Waals surface area contributed by atoms with Gasteiger partial charge in [-0.3, -0.25) is 4.79 Å². The second-order valence-electron chi connectivity index (χ2n) is 4.29. The third kappa shape index (κ3) is 2.14. The number of hydrogen-bond donors (Lipinski definition) is 1. The third-order valence-corrected chi connectivity index (χ3v) is 3.13. The van der Waals surface area contributed by atoms with Gasteiger partial charge in [0.25, 0.3) is 0 Å². The molecule has 0 aromatic heterocycles. The van der Waals surface area contributed by atoms with Gasteiger partial charge in [-0.25, -0.2) is 4.39 Å². The first-order valence-corrected chi connectivity index (χ1v) is 6.15. The number of ketones is 1. The van der Waals surface area contributed by atoms with Crippen molar-refractivity contribution >= 4 is 23.5 Å². The van der Waals surface area contributed by atoms with Gasteiger partial charge in [-0.15, -0.1) is 0 Å². The van der Waals surface area contributed by atoms with Crippen LogP contribution in [0.3, 0.4) is 0 Å². The number of halogens is 2. The van der Waals surface area contributed by atoms with Gasteiger partial charge in [0, 0.05) is 5.02 Å². The molecule has 1 aliphatic heterocycles. The first-order chi connectivity index (χ1) is 9.54. The number of carbonyl (C=O) groups excluding carboxylic acids is 1. The molecule has 0 spiro atoms. The Labute approximate surface area is 118 Å². The van der Waals surface area contributed by atoms with E-state index in [0.717, 1.165) is 6.07 Å². The number of phenols is 1. The summed E-state index contributed by atoms with van der Waals surface area (Å²) in [4.78, 5) is 12.1. The summed E-state index contributed by atoms with van der Waals surface area (Å²) in [5.74, 6) is -1.00.